The maximum Gasteiger partial charge on any atom is 0.335 e. The monoisotopic (exact) mass is 607 g/mol. The van der Waals surface area contributed by atoms with Gasteiger partial charge in [0.15, 0.2) is 0 Å². The van der Waals surface area contributed by atoms with Gasteiger partial charge in [-0.3, -0.25) is 9.63 Å². The number of nitrogens with one attached hydrogen (secondary N) is 1. The van der Waals surface area contributed by atoms with Crippen LogP contribution in [-0.4, -0.2) is 84.4 Å². The Bertz CT molecular complexity index is 1440. The van der Waals surface area contributed by atoms with Crippen molar-refractivity contribution in [2.45, 2.75) is 64.4 Å². The van der Waals surface area contributed by atoms with Crippen molar-refractivity contribution in [1.82, 2.24) is 10.4 Å². The summed E-state index contributed by atoms with van der Waals surface area (Å²) in [4.78, 5) is 33.9. The third kappa shape index (κ3) is 5.60. The van der Waals surface area contributed by atoms with Crippen LogP contribution < -0.4 is 15.0 Å². The fraction of sp³-hybridized carbons (Fsp3) is 0.529. The van der Waals surface area contributed by atoms with Crippen LogP contribution in [0.2, 0.25) is 0 Å². The number of carboxylic acid groups (broad SMARTS) is 1. The molecule has 238 valence electrons. The molecule has 4 aliphatic rings. The summed E-state index contributed by atoms with van der Waals surface area (Å²) < 4.78 is 5.88. The van der Waals surface area contributed by atoms with Gasteiger partial charge in [-0.25, -0.2) is 4.79 Å². The summed E-state index contributed by atoms with van der Waals surface area (Å²) in [6.07, 6.45) is 0.217. The number of methoxy groups -OCH3 is 1. The predicted molar refractivity (Wildman–Crippen MR) is 167 cm³/mol. The van der Waals surface area contributed by atoms with Crippen LogP contribution in [-0.2, 0) is 16.2 Å². The molecule has 7 atom stereocenters. The van der Waals surface area contributed by atoms with Gasteiger partial charge in [0.25, 0.3) is 0 Å². The summed E-state index contributed by atoms with van der Waals surface area (Å²) in [6, 6.07) is 9.63. The molecule has 0 radical (unpaired) electrons. The molecule has 4 fully saturated rings. The van der Waals surface area contributed by atoms with E-state index in [2.05, 4.69) is 25.7 Å². The van der Waals surface area contributed by atoms with Crippen molar-refractivity contribution < 1.29 is 34.5 Å². The summed E-state index contributed by atoms with van der Waals surface area (Å²) in [5, 5.41) is 35.4. The number of nitrogens with zero attached hydrogens (tertiary/aromatic N) is 2. The van der Waals surface area contributed by atoms with Gasteiger partial charge in [-0.15, -0.1) is 0 Å². The highest BCUT2D eigenvalue weighted by Gasteiger charge is 2.56. The third-order valence-electron chi connectivity index (χ3n) is 10.2. The van der Waals surface area contributed by atoms with Crippen LogP contribution in [0.5, 0.6) is 5.75 Å². The highest BCUT2D eigenvalue weighted by Crippen LogP contribution is 2.60. The predicted octanol–water partition coefficient (Wildman–Crippen LogP) is 3.71. The molecular formula is C34H45N3O7. The van der Waals surface area contributed by atoms with Gasteiger partial charge in [-0.1, -0.05) is 44.2 Å². The molecule has 10 nitrogen and oxygen atoms in total. The van der Waals surface area contributed by atoms with E-state index in [0.717, 1.165) is 24.1 Å². The van der Waals surface area contributed by atoms with Crippen molar-refractivity contribution in [2.75, 3.05) is 32.7 Å². The Labute approximate surface area is 259 Å². The second kappa shape index (κ2) is 12.2. The number of carbonyl (C=O) groups excluding carboxylic acids is 1. The number of aliphatic hydroxyl groups excluding tert-OH is 2. The number of amides is 1. The molecule has 10 heteroatoms. The van der Waals surface area contributed by atoms with Crippen molar-refractivity contribution in [3.8, 4) is 16.9 Å². The van der Waals surface area contributed by atoms with Crippen molar-refractivity contribution in [3.63, 3.8) is 0 Å². The summed E-state index contributed by atoms with van der Waals surface area (Å²) in [5.74, 6) is -0.614. The van der Waals surface area contributed by atoms with Crippen LogP contribution in [0.4, 0.5) is 5.69 Å². The largest absolute Gasteiger partial charge is 0.496 e. The normalized spacial score (nSPS) is 28.2. The van der Waals surface area contributed by atoms with E-state index in [4.69, 9.17) is 9.57 Å². The Kier molecular flexibility index (Phi) is 8.83. The lowest BCUT2D eigenvalue weighted by Crippen LogP contribution is -2.59. The Balaban J connectivity index is 1.46. The number of rotatable bonds is 10. The third-order valence-corrected chi connectivity index (χ3v) is 10.2. The second-order valence-electron chi connectivity index (χ2n) is 13.3. The van der Waals surface area contributed by atoms with Crippen LogP contribution in [0, 0.1) is 23.2 Å². The van der Waals surface area contributed by atoms with E-state index in [-0.39, 0.29) is 36.1 Å². The number of hydroxylamine groups is 2. The zero-order valence-corrected chi connectivity index (χ0v) is 26.4. The highest BCUT2D eigenvalue weighted by atomic mass is 16.7. The molecule has 2 bridgehead atoms. The van der Waals surface area contributed by atoms with Gasteiger partial charge in [0.05, 0.1) is 38.0 Å². The molecule has 4 N–H and O–H groups in total. The SMILES string of the molecule is C=C1[C@@H](NC(=O)[C@@H]2[C@H]([C@H](C)O)[C@H](CO)ON2Cc2cccc(-c3cc(C(=O)O)cc(N(C)C)c3)c2OC)C[C@H]2C[C@@H]1C2(C)C. The molecule has 1 heterocycles. The number of fused-ring (bicyclic) bond motifs is 2. The summed E-state index contributed by atoms with van der Waals surface area (Å²) >= 11 is 0. The maximum atomic E-state index is 14.0. The fourth-order valence-electron chi connectivity index (χ4n) is 7.50. The minimum absolute atomic E-state index is 0.123. The van der Waals surface area contributed by atoms with Crippen LogP contribution in [0.15, 0.2) is 48.6 Å². The number of aliphatic hydroxyl groups is 2. The Morgan fingerprint density at radius 3 is 2.52 bits per heavy atom. The van der Waals surface area contributed by atoms with E-state index < -0.39 is 30.1 Å². The molecule has 1 saturated heterocycles. The summed E-state index contributed by atoms with van der Waals surface area (Å²) in [6.45, 7) is 10.2. The quantitative estimate of drug-likeness (QED) is 0.299. The summed E-state index contributed by atoms with van der Waals surface area (Å²) in [5.41, 5.74) is 4.14. The minimum Gasteiger partial charge on any atom is -0.496 e. The minimum atomic E-state index is -1.04. The van der Waals surface area contributed by atoms with Gasteiger partial charge in [-0.2, -0.15) is 5.06 Å². The molecule has 0 spiro atoms. The molecule has 3 saturated carbocycles. The van der Waals surface area contributed by atoms with Gasteiger partial charge in [-0.05, 0) is 60.8 Å². The molecule has 0 aromatic heterocycles. The highest BCUT2D eigenvalue weighted by molar-refractivity contribution is 5.92. The number of hydrogen-bond acceptors (Lipinski definition) is 8. The molecule has 1 amide bonds. The van der Waals surface area contributed by atoms with E-state index in [1.165, 1.54) is 5.06 Å². The average Bonchev–Trinajstić information content (AvgIpc) is 3.36. The topological polar surface area (TPSA) is 132 Å². The van der Waals surface area contributed by atoms with E-state index in [0.29, 0.717) is 34.3 Å². The number of aromatic carboxylic acids is 1. The lowest BCUT2D eigenvalue weighted by Gasteiger charge is -2.60. The Morgan fingerprint density at radius 1 is 1.23 bits per heavy atom. The number of ether oxygens (including phenoxy) is 1. The number of hydrogen-bond donors (Lipinski definition) is 4. The molecule has 3 aliphatic carbocycles. The average molecular weight is 608 g/mol. The van der Waals surface area contributed by atoms with Gasteiger partial charge in [0.2, 0.25) is 5.91 Å². The van der Waals surface area contributed by atoms with Gasteiger partial charge in [0, 0.05) is 36.8 Å². The Hall–Kier alpha value is -3.44. The first kappa shape index (κ1) is 32.0. The van der Waals surface area contributed by atoms with Crippen molar-refractivity contribution >= 4 is 17.6 Å². The number of benzene rings is 2. The molecule has 0 unspecified atom stereocenters. The van der Waals surface area contributed by atoms with E-state index in [1.54, 1.807) is 26.2 Å². The molecule has 6 rings (SSSR count). The van der Waals surface area contributed by atoms with Crippen LogP contribution >= 0.6 is 0 Å². The molecule has 2 aromatic rings. The van der Waals surface area contributed by atoms with Crippen LogP contribution in [0.1, 0.15) is 49.5 Å². The second-order valence-corrected chi connectivity index (χ2v) is 13.3. The van der Waals surface area contributed by atoms with E-state index in [1.807, 2.05) is 43.3 Å². The van der Waals surface area contributed by atoms with Gasteiger partial charge >= 0.3 is 5.97 Å². The van der Waals surface area contributed by atoms with E-state index >= 15 is 0 Å². The Morgan fingerprint density at radius 2 is 1.95 bits per heavy atom. The molecule has 44 heavy (non-hydrogen) atoms. The number of para-hydroxylation sites is 1. The van der Waals surface area contributed by atoms with Crippen molar-refractivity contribution in [3.05, 3.63) is 59.7 Å². The van der Waals surface area contributed by atoms with Crippen molar-refractivity contribution in [1.29, 1.82) is 0 Å². The number of anilines is 1. The van der Waals surface area contributed by atoms with Crippen LogP contribution in [0.3, 0.4) is 0 Å². The van der Waals surface area contributed by atoms with Crippen LogP contribution in [0.25, 0.3) is 11.1 Å². The first-order valence-corrected chi connectivity index (χ1v) is 15.2. The lowest BCUT2D eigenvalue weighted by atomic mass is 9.46. The first-order valence-electron chi connectivity index (χ1n) is 15.2. The number of carbonyl (C=O) groups is 2. The van der Waals surface area contributed by atoms with Gasteiger partial charge in [0.1, 0.15) is 17.9 Å². The zero-order valence-electron chi connectivity index (χ0n) is 26.4. The standard InChI is InChI=1S/C34H45N3O7/c1-18-26-14-23(34(26,3)4)15-27(18)35-32(40)30-29(19(2)39)28(17-38)44-37(30)16-20-9-8-10-25(31(20)43-7)21-11-22(33(41)42)13-24(12-21)36(5)6/h8-13,19,23,26-30,38-39H,1,14-17H2,2-7H3,(H,35,40)(H,41,42)/t19-,23+,26-,27-,28-,29+,30-/m0/s1. The fourth-order valence-corrected chi connectivity index (χ4v) is 7.50. The molecular weight excluding hydrogens is 562 g/mol. The number of carboxylic acids is 1. The zero-order chi connectivity index (χ0) is 32.1. The molecule has 1 aliphatic heterocycles. The molecule has 2 aromatic carbocycles. The van der Waals surface area contributed by atoms with Crippen molar-refractivity contribution in [2.24, 2.45) is 23.2 Å². The smallest absolute Gasteiger partial charge is 0.335 e. The maximum absolute atomic E-state index is 14.0. The first-order chi connectivity index (χ1) is 20.8. The van der Waals surface area contributed by atoms with Gasteiger partial charge < -0.3 is 30.3 Å². The summed E-state index contributed by atoms with van der Waals surface area (Å²) in [7, 11) is 5.23. The lowest BCUT2D eigenvalue weighted by molar-refractivity contribution is -0.182. The van der Waals surface area contributed by atoms with E-state index in [9.17, 15) is 24.9 Å².